The van der Waals surface area contributed by atoms with E-state index in [1.54, 1.807) is 0 Å². The van der Waals surface area contributed by atoms with E-state index in [0.29, 0.717) is 6.04 Å². The molecule has 4 heteroatoms. The third-order valence-corrected chi connectivity index (χ3v) is 3.87. The number of rotatable bonds is 7. The van der Waals surface area contributed by atoms with Crippen LogP contribution in [0.2, 0.25) is 0 Å². The number of thiophene rings is 1. The average Bonchev–Trinajstić information content (AvgIpc) is 3.00. The van der Waals surface area contributed by atoms with Crippen molar-refractivity contribution in [1.82, 2.24) is 14.9 Å². The highest BCUT2D eigenvalue weighted by Crippen LogP contribution is 2.18. The molecular weight excluding hydrogens is 242 g/mol. The van der Waals surface area contributed by atoms with Crippen molar-refractivity contribution in [2.24, 2.45) is 0 Å². The first-order valence-corrected chi connectivity index (χ1v) is 7.43. The summed E-state index contributed by atoms with van der Waals surface area (Å²) in [7, 11) is 0. The Morgan fingerprint density at radius 3 is 3.11 bits per heavy atom. The molecule has 0 amide bonds. The van der Waals surface area contributed by atoms with Gasteiger partial charge in [0.2, 0.25) is 0 Å². The van der Waals surface area contributed by atoms with Gasteiger partial charge in [-0.2, -0.15) is 0 Å². The minimum Gasteiger partial charge on any atom is -0.334 e. The molecule has 0 saturated carbocycles. The van der Waals surface area contributed by atoms with Crippen molar-refractivity contribution in [1.29, 1.82) is 0 Å². The Kier molecular flexibility index (Phi) is 4.96. The Bertz CT molecular complexity index is 447. The largest absolute Gasteiger partial charge is 0.334 e. The van der Waals surface area contributed by atoms with Crippen LogP contribution in [0.1, 0.15) is 36.9 Å². The van der Waals surface area contributed by atoms with E-state index in [-0.39, 0.29) is 0 Å². The maximum absolute atomic E-state index is 4.44. The zero-order valence-corrected chi connectivity index (χ0v) is 11.9. The number of hydrogen-bond acceptors (Lipinski definition) is 3. The van der Waals surface area contributed by atoms with Gasteiger partial charge in [0.25, 0.3) is 0 Å². The highest BCUT2D eigenvalue weighted by Gasteiger charge is 2.07. The minimum absolute atomic E-state index is 0.469. The van der Waals surface area contributed by atoms with Crippen LogP contribution in [0.5, 0.6) is 0 Å². The summed E-state index contributed by atoms with van der Waals surface area (Å²) in [6.45, 7) is 6.34. The highest BCUT2D eigenvalue weighted by molar-refractivity contribution is 7.09. The lowest BCUT2D eigenvalue weighted by Gasteiger charge is -2.11. The Morgan fingerprint density at radius 1 is 1.50 bits per heavy atom. The Hall–Kier alpha value is -1.13. The zero-order valence-electron chi connectivity index (χ0n) is 11.1. The van der Waals surface area contributed by atoms with Crippen LogP contribution < -0.4 is 5.32 Å². The molecule has 0 fully saturated rings. The summed E-state index contributed by atoms with van der Waals surface area (Å²) < 4.78 is 2.21. The molecular formula is C14H21N3S. The first kappa shape index (κ1) is 13.3. The molecule has 0 aliphatic heterocycles. The normalized spacial score (nSPS) is 12.8. The quantitative estimate of drug-likeness (QED) is 0.777. The fourth-order valence-electron chi connectivity index (χ4n) is 1.93. The van der Waals surface area contributed by atoms with Crippen LogP contribution in [0.4, 0.5) is 0 Å². The van der Waals surface area contributed by atoms with Crippen LogP contribution in [0.15, 0.2) is 30.0 Å². The van der Waals surface area contributed by atoms with Gasteiger partial charge in [-0.3, -0.25) is 0 Å². The predicted octanol–water partition coefficient (Wildman–Crippen LogP) is 3.25. The minimum atomic E-state index is 0.469. The molecule has 2 aromatic rings. The number of hydrogen-bond donors (Lipinski definition) is 1. The van der Waals surface area contributed by atoms with Crippen LogP contribution in [0, 0.1) is 0 Å². The second-order valence-corrected chi connectivity index (χ2v) is 5.65. The molecule has 1 unspecified atom stereocenters. The SMILES string of the molecule is CCCNCc1cn(C(C)Cc2cccs2)cn1. The smallest absolute Gasteiger partial charge is 0.0952 e. The zero-order chi connectivity index (χ0) is 12.8. The molecule has 1 atom stereocenters. The van der Waals surface area contributed by atoms with Crippen molar-refractivity contribution in [3.8, 4) is 0 Å². The summed E-state index contributed by atoms with van der Waals surface area (Å²) in [5, 5.41) is 5.51. The van der Waals surface area contributed by atoms with Gasteiger partial charge in [-0.05, 0) is 31.3 Å². The Labute approximate surface area is 113 Å². The molecule has 0 spiro atoms. The maximum atomic E-state index is 4.44. The molecule has 98 valence electrons. The summed E-state index contributed by atoms with van der Waals surface area (Å²) >= 11 is 1.82. The third kappa shape index (κ3) is 3.68. The molecule has 2 heterocycles. The van der Waals surface area contributed by atoms with Gasteiger partial charge in [0, 0.05) is 30.1 Å². The molecule has 2 aromatic heterocycles. The van der Waals surface area contributed by atoms with Gasteiger partial charge >= 0.3 is 0 Å². The van der Waals surface area contributed by atoms with E-state index in [4.69, 9.17) is 0 Å². The van der Waals surface area contributed by atoms with E-state index in [2.05, 4.69) is 52.4 Å². The van der Waals surface area contributed by atoms with E-state index in [0.717, 1.165) is 31.6 Å². The van der Waals surface area contributed by atoms with Crippen molar-refractivity contribution in [2.75, 3.05) is 6.54 Å². The summed E-state index contributed by atoms with van der Waals surface area (Å²) in [6.07, 6.45) is 6.34. The van der Waals surface area contributed by atoms with Crippen LogP contribution in [-0.4, -0.2) is 16.1 Å². The fraction of sp³-hybridized carbons (Fsp3) is 0.500. The number of imidazole rings is 1. The third-order valence-electron chi connectivity index (χ3n) is 2.97. The van der Waals surface area contributed by atoms with Gasteiger partial charge in [0.15, 0.2) is 0 Å². The Morgan fingerprint density at radius 2 is 2.39 bits per heavy atom. The molecule has 0 saturated heterocycles. The van der Waals surface area contributed by atoms with Crippen molar-refractivity contribution in [3.05, 3.63) is 40.6 Å². The molecule has 18 heavy (non-hydrogen) atoms. The molecule has 0 aromatic carbocycles. The van der Waals surface area contributed by atoms with Crippen molar-refractivity contribution < 1.29 is 0 Å². The van der Waals surface area contributed by atoms with Crippen molar-refractivity contribution >= 4 is 11.3 Å². The van der Waals surface area contributed by atoms with Crippen LogP contribution in [0.25, 0.3) is 0 Å². The second-order valence-electron chi connectivity index (χ2n) is 4.62. The first-order chi connectivity index (χ1) is 8.79. The van der Waals surface area contributed by atoms with Gasteiger partial charge < -0.3 is 9.88 Å². The molecule has 2 rings (SSSR count). The van der Waals surface area contributed by atoms with Gasteiger partial charge in [-0.1, -0.05) is 13.0 Å². The highest BCUT2D eigenvalue weighted by atomic mass is 32.1. The Balaban J connectivity index is 1.88. The van der Waals surface area contributed by atoms with Crippen LogP contribution in [0.3, 0.4) is 0 Å². The van der Waals surface area contributed by atoms with E-state index < -0.39 is 0 Å². The average molecular weight is 263 g/mol. The monoisotopic (exact) mass is 263 g/mol. The summed E-state index contributed by atoms with van der Waals surface area (Å²) in [4.78, 5) is 5.87. The number of nitrogens with one attached hydrogen (secondary N) is 1. The number of aromatic nitrogens is 2. The molecule has 1 N–H and O–H groups in total. The standard InChI is InChI=1S/C14H21N3S/c1-3-6-15-9-13-10-17(11-16-13)12(2)8-14-5-4-7-18-14/h4-5,7,10-12,15H,3,6,8-9H2,1-2H3. The molecule has 0 aliphatic rings. The molecule has 0 aliphatic carbocycles. The summed E-state index contributed by atoms with van der Waals surface area (Å²) in [6, 6.07) is 4.78. The summed E-state index contributed by atoms with van der Waals surface area (Å²) in [5.41, 5.74) is 1.13. The lowest BCUT2D eigenvalue weighted by atomic mass is 10.2. The fourth-order valence-corrected chi connectivity index (χ4v) is 2.76. The molecule has 3 nitrogen and oxygen atoms in total. The van der Waals surface area contributed by atoms with Crippen molar-refractivity contribution in [2.45, 2.75) is 39.3 Å². The van der Waals surface area contributed by atoms with Gasteiger partial charge in [-0.25, -0.2) is 4.98 Å². The van der Waals surface area contributed by atoms with Gasteiger partial charge in [0.1, 0.15) is 0 Å². The number of nitrogens with zero attached hydrogens (tertiary/aromatic N) is 2. The predicted molar refractivity (Wildman–Crippen MR) is 77.0 cm³/mol. The molecule has 0 radical (unpaired) electrons. The van der Waals surface area contributed by atoms with Crippen molar-refractivity contribution in [3.63, 3.8) is 0 Å². The maximum Gasteiger partial charge on any atom is 0.0952 e. The lowest BCUT2D eigenvalue weighted by molar-refractivity contribution is 0.547. The van der Waals surface area contributed by atoms with E-state index in [1.807, 2.05) is 17.7 Å². The first-order valence-electron chi connectivity index (χ1n) is 6.55. The van der Waals surface area contributed by atoms with E-state index >= 15 is 0 Å². The van der Waals surface area contributed by atoms with E-state index in [1.165, 1.54) is 4.88 Å². The summed E-state index contributed by atoms with van der Waals surface area (Å²) in [5.74, 6) is 0. The van der Waals surface area contributed by atoms with E-state index in [9.17, 15) is 0 Å². The second kappa shape index (κ2) is 6.71. The molecule has 0 bridgehead atoms. The van der Waals surface area contributed by atoms with Gasteiger partial charge in [0.05, 0.1) is 12.0 Å². The van der Waals surface area contributed by atoms with Crippen LogP contribution >= 0.6 is 11.3 Å². The lowest BCUT2D eigenvalue weighted by Crippen LogP contribution is -2.14. The van der Waals surface area contributed by atoms with Crippen LogP contribution in [-0.2, 0) is 13.0 Å². The van der Waals surface area contributed by atoms with Gasteiger partial charge in [-0.15, -0.1) is 11.3 Å². The topological polar surface area (TPSA) is 29.9 Å².